The Balaban J connectivity index is 1.39. The maximum Gasteiger partial charge on any atom is 0.276 e. The van der Waals surface area contributed by atoms with Gasteiger partial charge in [0.2, 0.25) is 12.7 Å². The van der Waals surface area contributed by atoms with E-state index in [4.69, 9.17) is 23.4 Å². The minimum absolute atomic E-state index is 0.0706. The van der Waals surface area contributed by atoms with Crippen molar-refractivity contribution in [3.63, 3.8) is 0 Å². The molecule has 0 bridgehead atoms. The number of benzene rings is 1. The number of hydrogen-bond donors (Lipinski definition) is 0. The van der Waals surface area contributed by atoms with Crippen molar-refractivity contribution in [3.05, 3.63) is 36.0 Å². The van der Waals surface area contributed by atoms with Gasteiger partial charge in [-0.25, -0.2) is 4.98 Å². The van der Waals surface area contributed by atoms with Crippen LogP contribution >= 0.6 is 0 Å². The van der Waals surface area contributed by atoms with Crippen LogP contribution in [0.25, 0.3) is 0 Å². The Hall–Kier alpha value is -2.74. The highest BCUT2D eigenvalue weighted by Crippen LogP contribution is 2.35. The number of ether oxygens (including phenoxy) is 4. The van der Waals surface area contributed by atoms with E-state index in [-0.39, 0.29) is 31.0 Å². The molecule has 1 aromatic carbocycles. The van der Waals surface area contributed by atoms with E-state index in [2.05, 4.69) is 4.98 Å². The van der Waals surface area contributed by atoms with Gasteiger partial charge in [0.25, 0.3) is 5.91 Å². The fraction of sp³-hybridized carbons (Fsp3) is 0.444. The van der Waals surface area contributed by atoms with Gasteiger partial charge in [0.15, 0.2) is 23.8 Å². The van der Waals surface area contributed by atoms with Crippen molar-refractivity contribution < 1.29 is 28.2 Å². The Morgan fingerprint density at radius 2 is 2.23 bits per heavy atom. The Bertz CT molecular complexity index is 790. The van der Waals surface area contributed by atoms with Gasteiger partial charge in [-0.1, -0.05) is 6.92 Å². The molecule has 1 aromatic heterocycles. The third-order valence-electron chi connectivity index (χ3n) is 4.44. The average Bonchev–Trinajstić information content (AvgIpc) is 3.34. The number of carbonyl (C=O) groups is 1. The highest BCUT2D eigenvalue weighted by Gasteiger charge is 2.28. The molecule has 2 aliphatic heterocycles. The molecule has 2 aromatic rings. The predicted octanol–water partition coefficient (Wildman–Crippen LogP) is 2.23. The molecular formula is C18H20N2O6. The molecule has 0 spiro atoms. The number of hydrogen-bond acceptors (Lipinski definition) is 7. The molecule has 0 aliphatic carbocycles. The van der Waals surface area contributed by atoms with Crippen molar-refractivity contribution in [1.82, 2.24) is 9.88 Å². The second-order valence-corrected chi connectivity index (χ2v) is 6.07. The Morgan fingerprint density at radius 3 is 3.12 bits per heavy atom. The van der Waals surface area contributed by atoms with Crippen molar-refractivity contribution in [2.75, 3.05) is 26.6 Å². The molecule has 1 saturated heterocycles. The monoisotopic (exact) mass is 360 g/mol. The summed E-state index contributed by atoms with van der Waals surface area (Å²) >= 11 is 0. The number of aromatic nitrogens is 1. The number of oxazole rings is 1. The lowest BCUT2D eigenvalue weighted by atomic mass is 10.1. The number of carbonyl (C=O) groups excluding carboxylic acids is 1. The zero-order valence-electron chi connectivity index (χ0n) is 14.5. The van der Waals surface area contributed by atoms with E-state index >= 15 is 0 Å². The summed E-state index contributed by atoms with van der Waals surface area (Å²) in [5.74, 6) is 2.14. The lowest BCUT2D eigenvalue weighted by Gasteiger charge is -2.34. The van der Waals surface area contributed by atoms with E-state index in [0.29, 0.717) is 42.9 Å². The topological polar surface area (TPSA) is 83.3 Å². The molecule has 3 heterocycles. The minimum Gasteiger partial charge on any atom is -0.484 e. The quantitative estimate of drug-likeness (QED) is 0.808. The van der Waals surface area contributed by atoms with Gasteiger partial charge in [-0.3, -0.25) is 4.79 Å². The molecule has 8 heteroatoms. The molecule has 1 amide bonds. The van der Waals surface area contributed by atoms with E-state index in [0.717, 1.165) is 6.42 Å². The molecule has 2 aliphatic rings. The van der Waals surface area contributed by atoms with Gasteiger partial charge in [0.1, 0.15) is 12.0 Å². The van der Waals surface area contributed by atoms with E-state index in [9.17, 15) is 4.79 Å². The number of rotatable bonds is 5. The van der Waals surface area contributed by atoms with Crippen molar-refractivity contribution >= 4 is 5.91 Å². The molecule has 4 rings (SSSR count). The first-order chi connectivity index (χ1) is 12.7. The van der Waals surface area contributed by atoms with Crippen LogP contribution < -0.4 is 14.2 Å². The lowest BCUT2D eigenvalue weighted by molar-refractivity contribution is -0.00311. The van der Waals surface area contributed by atoms with Gasteiger partial charge in [-0.15, -0.1) is 0 Å². The third-order valence-corrected chi connectivity index (χ3v) is 4.44. The maximum atomic E-state index is 12.7. The number of fused-ring (bicyclic) bond motifs is 1. The lowest BCUT2D eigenvalue weighted by Crippen LogP contribution is -2.48. The van der Waals surface area contributed by atoms with E-state index in [1.807, 2.05) is 6.92 Å². The minimum atomic E-state index is -0.141. The Kier molecular flexibility index (Phi) is 4.66. The van der Waals surface area contributed by atoms with Crippen LogP contribution in [0.15, 0.2) is 28.9 Å². The normalized spacial score (nSPS) is 18.8. The van der Waals surface area contributed by atoms with Crippen LogP contribution in [0.2, 0.25) is 0 Å². The molecule has 1 atom stereocenters. The molecule has 138 valence electrons. The van der Waals surface area contributed by atoms with Crippen molar-refractivity contribution in [3.8, 4) is 17.2 Å². The SMILES string of the molecule is CCC1COCCN1C(=O)c1coc(COc2ccc3c(c2)OCO3)n1. The first kappa shape index (κ1) is 16.7. The van der Waals surface area contributed by atoms with Gasteiger partial charge >= 0.3 is 0 Å². The van der Waals surface area contributed by atoms with Gasteiger partial charge in [0.05, 0.1) is 19.3 Å². The fourth-order valence-corrected chi connectivity index (χ4v) is 2.99. The van der Waals surface area contributed by atoms with Gasteiger partial charge in [0, 0.05) is 12.6 Å². The van der Waals surface area contributed by atoms with Crippen LogP contribution in [-0.4, -0.2) is 48.4 Å². The molecular weight excluding hydrogens is 340 g/mol. The molecule has 8 nitrogen and oxygen atoms in total. The summed E-state index contributed by atoms with van der Waals surface area (Å²) < 4.78 is 27.1. The average molecular weight is 360 g/mol. The first-order valence-corrected chi connectivity index (χ1v) is 8.60. The summed E-state index contributed by atoms with van der Waals surface area (Å²) in [6, 6.07) is 5.38. The second kappa shape index (κ2) is 7.25. The second-order valence-electron chi connectivity index (χ2n) is 6.07. The fourth-order valence-electron chi connectivity index (χ4n) is 2.99. The maximum absolute atomic E-state index is 12.7. The molecule has 0 radical (unpaired) electrons. The summed E-state index contributed by atoms with van der Waals surface area (Å²) in [7, 11) is 0. The van der Waals surface area contributed by atoms with Crippen molar-refractivity contribution in [2.45, 2.75) is 26.0 Å². The molecule has 0 saturated carbocycles. The summed E-state index contributed by atoms with van der Waals surface area (Å²) in [5, 5.41) is 0. The predicted molar refractivity (Wildman–Crippen MR) is 89.3 cm³/mol. The Labute approximate surface area is 150 Å². The van der Waals surface area contributed by atoms with Crippen LogP contribution in [0.5, 0.6) is 17.2 Å². The summed E-state index contributed by atoms with van der Waals surface area (Å²) in [6.07, 6.45) is 2.21. The van der Waals surface area contributed by atoms with Crippen molar-refractivity contribution in [1.29, 1.82) is 0 Å². The van der Waals surface area contributed by atoms with E-state index in [1.165, 1.54) is 6.26 Å². The third kappa shape index (κ3) is 3.32. The summed E-state index contributed by atoms with van der Waals surface area (Å²) in [6.45, 7) is 4.03. The first-order valence-electron chi connectivity index (χ1n) is 8.60. The van der Waals surface area contributed by atoms with Gasteiger partial charge in [-0.05, 0) is 18.6 Å². The van der Waals surface area contributed by atoms with Crippen molar-refractivity contribution in [2.24, 2.45) is 0 Å². The highest BCUT2D eigenvalue weighted by atomic mass is 16.7. The van der Waals surface area contributed by atoms with Crippen LogP contribution in [0.1, 0.15) is 29.7 Å². The summed E-state index contributed by atoms with van der Waals surface area (Å²) in [5.41, 5.74) is 0.287. The van der Waals surface area contributed by atoms with Crippen LogP contribution in [0, 0.1) is 0 Å². The van der Waals surface area contributed by atoms with Crippen LogP contribution in [-0.2, 0) is 11.3 Å². The van der Waals surface area contributed by atoms with Gasteiger partial charge in [-0.2, -0.15) is 0 Å². The molecule has 0 N–H and O–H groups in total. The molecule has 1 fully saturated rings. The van der Waals surface area contributed by atoms with E-state index in [1.54, 1.807) is 23.1 Å². The van der Waals surface area contributed by atoms with Crippen LogP contribution in [0.4, 0.5) is 0 Å². The zero-order chi connectivity index (χ0) is 17.9. The highest BCUT2D eigenvalue weighted by molar-refractivity contribution is 5.92. The smallest absolute Gasteiger partial charge is 0.276 e. The Morgan fingerprint density at radius 1 is 1.35 bits per heavy atom. The summed E-state index contributed by atoms with van der Waals surface area (Å²) in [4.78, 5) is 18.7. The number of nitrogens with zero attached hydrogens (tertiary/aromatic N) is 2. The van der Waals surface area contributed by atoms with Crippen LogP contribution in [0.3, 0.4) is 0 Å². The number of morpholine rings is 1. The zero-order valence-corrected chi connectivity index (χ0v) is 14.5. The largest absolute Gasteiger partial charge is 0.484 e. The van der Waals surface area contributed by atoms with Gasteiger partial charge < -0.3 is 28.3 Å². The standard InChI is InChI=1S/C18H20N2O6/c1-2-12-8-22-6-5-20(12)18(21)14-9-24-17(19-14)10-23-13-3-4-15-16(7-13)26-11-25-15/h3-4,7,9,12H,2,5-6,8,10-11H2,1H3. The molecule has 26 heavy (non-hydrogen) atoms. The molecule has 1 unspecified atom stereocenters. The number of amides is 1. The van der Waals surface area contributed by atoms with E-state index < -0.39 is 0 Å².